The summed E-state index contributed by atoms with van der Waals surface area (Å²) in [6.07, 6.45) is 0.223. The molecule has 0 radical (unpaired) electrons. The number of nitrogens with one attached hydrogen (secondary N) is 1. The molecule has 0 spiro atoms. The SMILES string of the molecule is CN(Cc1ccsc1)C(=O)Cc1nc(-c2ccccc2)n[nH]1. The summed E-state index contributed by atoms with van der Waals surface area (Å²) in [6.45, 7) is 0.613. The van der Waals surface area contributed by atoms with Crippen LogP contribution in [0.2, 0.25) is 0 Å². The number of rotatable bonds is 5. The van der Waals surface area contributed by atoms with Crippen molar-refractivity contribution < 1.29 is 4.79 Å². The van der Waals surface area contributed by atoms with E-state index in [-0.39, 0.29) is 12.3 Å². The van der Waals surface area contributed by atoms with Gasteiger partial charge in [0.1, 0.15) is 5.82 Å². The Hall–Kier alpha value is -2.47. The van der Waals surface area contributed by atoms with Crippen LogP contribution in [0.15, 0.2) is 47.2 Å². The number of H-pyrrole nitrogens is 1. The van der Waals surface area contributed by atoms with Gasteiger partial charge in [-0.2, -0.15) is 16.4 Å². The molecule has 1 aromatic carbocycles. The van der Waals surface area contributed by atoms with Crippen LogP contribution in [0.5, 0.6) is 0 Å². The van der Waals surface area contributed by atoms with Crippen LogP contribution in [0, 0.1) is 0 Å². The van der Waals surface area contributed by atoms with E-state index in [1.165, 1.54) is 0 Å². The normalized spacial score (nSPS) is 10.6. The van der Waals surface area contributed by atoms with Crippen molar-refractivity contribution in [1.29, 1.82) is 0 Å². The van der Waals surface area contributed by atoms with E-state index in [9.17, 15) is 4.79 Å². The van der Waals surface area contributed by atoms with E-state index in [0.29, 0.717) is 18.2 Å². The predicted molar refractivity (Wildman–Crippen MR) is 86.3 cm³/mol. The fourth-order valence-electron chi connectivity index (χ4n) is 2.11. The first-order valence-corrected chi connectivity index (χ1v) is 7.88. The Labute approximate surface area is 132 Å². The molecule has 6 heteroatoms. The highest BCUT2D eigenvalue weighted by Crippen LogP contribution is 2.14. The molecule has 0 saturated carbocycles. The zero-order valence-electron chi connectivity index (χ0n) is 12.2. The summed E-state index contributed by atoms with van der Waals surface area (Å²) >= 11 is 1.63. The van der Waals surface area contributed by atoms with Crippen LogP contribution in [0.1, 0.15) is 11.4 Å². The van der Waals surface area contributed by atoms with Gasteiger partial charge in [-0.1, -0.05) is 30.3 Å². The Bertz CT molecular complexity index is 737. The molecule has 2 heterocycles. The molecule has 0 bridgehead atoms. The number of nitrogens with zero attached hydrogens (tertiary/aromatic N) is 3. The number of aromatic amines is 1. The average Bonchev–Trinajstić information content (AvgIpc) is 3.20. The summed E-state index contributed by atoms with van der Waals surface area (Å²) in [6, 6.07) is 11.7. The molecule has 0 unspecified atom stereocenters. The van der Waals surface area contributed by atoms with Crippen LogP contribution in [0.4, 0.5) is 0 Å². The molecule has 22 heavy (non-hydrogen) atoms. The van der Waals surface area contributed by atoms with Crippen LogP contribution in [0.3, 0.4) is 0 Å². The van der Waals surface area contributed by atoms with Crippen molar-refractivity contribution in [1.82, 2.24) is 20.1 Å². The molecule has 112 valence electrons. The summed E-state index contributed by atoms with van der Waals surface area (Å²) in [4.78, 5) is 18.3. The van der Waals surface area contributed by atoms with E-state index >= 15 is 0 Å². The average molecular weight is 312 g/mol. The highest BCUT2D eigenvalue weighted by Gasteiger charge is 2.14. The topological polar surface area (TPSA) is 61.9 Å². The quantitative estimate of drug-likeness (QED) is 0.788. The minimum atomic E-state index is 0.0157. The number of benzene rings is 1. The number of aromatic nitrogens is 3. The molecule has 1 amide bonds. The number of amides is 1. The molecule has 3 rings (SSSR count). The Morgan fingerprint density at radius 2 is 2.09 bits per heavy atom. The number of thiophene rings is 1. The molecule has 3 aromatic rings. The number of carbonyl (C=O) groups is 1. The highest BCUT2D eigenvalue weighted by molar-refractivity contribution is 7.07. The van der Waals surface area contributed by atoms with Gasteiger partial charge in [-0.15, -0.1) is 0 Å². The van der Waals surface area contributed by atoms with Gasteiger partial charge in [-0.05, 0) is 22.4 Å². The van der Waals surface area contributed by atoms with E-state index < -0.39 is 0 Å². The van der Waals surface area contributed by atoms with E-state index in [1.54, 1.807) is 23.3 Å². The van der Waals surface area contributed by atoms with Crippen molar-refractivity contribution >= 4 is 17.2 Å². The van der Waals surface area contributed by atoms with Gasteiger partial charge in [0, 0.05) is 19.2 Å². The summed E-state index contributed by atoms with van der Waals surface area (Å²) in [5, 5.41) is 11.1. The monoisotopic (exact) mass is 312 g/mol. The Morgan fingerprint density at radius 3 is 2.82 bits per heavy atom. The molecule has 0 atom stereocenters. The summed E-state index contributed by atoms with van der Waals surface area (Å²) in [5.74, 6) is 1.21. The lowest BCUT2D eigenvalue weighted by Crippen LogP contribution is -2.27. The summed E-state index contributed by atoms with van der Waals surface area (Å²) in [5.41, 5.74) is 2.08. The first kappa shape index (κ1) is 14.5. The molecule has 1 N–H and O–H groups in total. The maximum absolute atomic E-state index is 12.2. The number of carbonyl (C=O) groups excluding carboxylic acids is 1. The summed E-state index contributed by atoms with van der Waals surface area (Å²) < 4.78 is 0. The molecule has 0 fully saturated rings. The van der Waals surface area contributed by atoms with Crippen LogP contribution in [-0.2, 0) is 17.8 Å². The molecule has 2 aromatic heterocycles. The maximum Gasteiger partial charge on any atom is 0.230 e. The minimum absolute atomic E-state index is 0.0157. The zero-order chi connectivity index (χ0) is 15.4. The Kier molecular flexibility index (Phi) is 4.29. The van der Waals surface area contributed by atoms with Gasteiger partial charge < -0.3 is 4.90 Å². The predicted octanol–water partition coefficient (Wildman–Crippen LogP) is 2.73. The number of likely N-dealkylation sites (N-methyl/N-ethyl adjacent to an activating group) is 1. The third kappa shape index (κ3) is 3.40. The third-order valence-electron chi connectivity index (χ3n) is 3.31. The fourth-order valence-corrected chi connectivity index (χ4v) is 2.77. The standard InChI is InChI=1S/C16H16N4OS/c1-20(10-12-7-8-22-11-12)15(21)9-14-17-16(19-18-14)13-5-3-2-4-6-13/h2-8,11H,9-10H2,1H3,(H,17,18,19). The van der Waals surface area contributed by atoms with Gasteiger partial charge in [0.25, 0.3) is 0 Å². The van der Waals surface area contributed by atoms with Crippen LogP contribution >= 0.6 is 11.3 Å². The molecule has 0 saturated heterocycles. The van der Waals surface area contributed by atoms with Crippen molar-refractivity contribution in [3.8, 4) is 11.4 Å². The zero-order valence-corrected chi connectivity index (χ0v) is 13.0. The minimum Gasteiger partial charge on any atom is -0.341 e. The second-order valence-corrected chi connectivity index (χ2v) is 5.81. The van der Waals surface area contributed by atoms with Crippen LogP contribution in [-0.4, -0.2) is 33.0 Å². The lowest BCUT2D eigenvalue weighted by Gasteiger charge is -2.15. The smallest absolute Gasteiger partial charge is 0.230 e. The third-order valence-corrected chi connectivity index (χ3v) is 4.04. The fraction of sp³-hybridized carbons (Fsp3) is 0.188. The second-order valence-electron chi connectivity index (χ2n) is 5.03. The molecular weight excluding hydrogens is 296 g/mol. The van der Waals surface area contributed by atoms with Gasteiger partial charge >= 0.3 is 0 Å². The first-order valence-electron chi connectivity index (χ1n) is 6.94. The maximum atomic E-state index is 12.2. The number of hydrogen-bond donors (Lipinski definition) is 1. The van der Waals surface area contributed by atoms with Gasteiger partial charge in [-0.3, -0.25) is 9.89 Å². The molecular formula is C16H16N4OS. The Balaban J connectivity index is 1.63. The van der Waals surface area contributed by atoms with Gasteiger partial charge in [0.2, 0.25) is 5.91 Å². The van der Waals surface area contributed by atoms with Gasteiger partial charge in [0.15, 0.2) is 5.82 Å². The van der Waals surface area contributed by atoms with E-state index in [2.05, 4.69) is 15.2 Å². The van der Waals surface area contributed by atoms with Crippen molar-refractivity contribution in [3.05, 3.63) is 58.5 Å². The highest BCUT2D eigenvalue weighted by atomic mass is 32.1. The largest absolute Gasteiger partial charge is 0.341 e. The molecule has 0 aliphatic heterocycles. The first-order chi connectivity index (χ1) is 10.7. The molecule has 0 aliphatic carbocycles. The Morgan fingerprint density at radius 1 is 1.27 bits per heavy atom. The van der Waals surface area contributed by atoms with Crippen LogP contribution < -0.4 is 0 Å². The lowest BCUT2D eigenvalue weighted by atomic mass is 10.2. The summed E-state index contributed by atoms with van der Waals surface area (Å²) in [7, 11) is 1.80. The van der Waals surface area contributed by atoms with Crippen molar-refractivity contribution in [2.24, 2.45) is 0 Å². The van der Waals surface area contributed by atoms with Crippen molar-refractivity contribution in [2.75, 3.05) is 7.05 Å². The lowest BCUT2D eigenvalue weighted by molar-refractivity contribution is -0.129. The number of hydrogen-bond acceptors (Lipinski definition) is 4. The molecule has 5 nitrogen and oxygen atoms in total. The van der Waals surface area contributed by atoms with Crippen molar-refractivity contribution in [2.45, 2.75) is 13.0 Å². The van der Waals surface area contributed by atoms with Gasteiger partial charge in [0.05, 0.1) is 6.42 Å². The second kappa shape index (κ2) is 6.53. The molecule has 0 aliphatic rings. The van der Waals surface area contributed by atoms with Crippen LogP contribution in [0.25, 0.3) is 11.4 Å². The van der Waals surface area contributed by atoms with E-state index in [1.807, 2.05) is 47.2 Å². The van der Waals surface area contributed by atoms with E-state index in [0.717, 1.165) is 11.1 Å². The van der Waals surface area contributed by atoms with E-state index in [4.69, 9.17) is 0 Å². The van der Waals surface area contributed by atoms with Crippen molar-refractivity contribution in [3.63, 3.8) is 0 Å². The van der Waals surface area contributed by atoms with Gasteiger partial charge in [-0.25, -0.2) is 4.98 Å².